The quantitative estimate of drug-likeness (QED) is 0.620. The molecule has 1 atom stereocenters. The Bertz CT molecular complexity index is 1080. The van der Waals surface area contributed by atoms with Crippen LogP contribution in [0.5, 0.6) is 5.75 Å². The topological polar surface area (TPSA) is 106 Å². The zero-order chi connectivity index (χ0) is 24.3. The first-order valence-corrected chi connectivity index (χ1v) is 12.0. The molecule has 2 aromatic rings. The van der Waals surface area contributed by atoms with Crippen LogP contribution in [-0.2, 0) is 11.3 Å². The predicted molar refractivity (Wildman–Crippen MR) is 128 cm³/mol. The van der Waals surface area contributed by atoms with Gasteiger partial charge < -0.3 is 20.3 Å². The van der Waals surface area contributed by atoms with Crippen LogP contribution in [0.3, 0.4) is 0 Å². The first-order valence-electron chi connectivity index (χ1n) is 12.0. The fraction of sp³-hybridized carbons (Fsp3) is 0.520. The Balaban J connectivity index is 1.59. The third-order valence-corrected chi connectivity index (χ3v) is 6.77. The molecule has 3 amide bonds. The summed E-state index contributed by atoms with van der Waals surface area (Å²) >= 11 is 0. The monoisotopic (exact) mass is 467 g/mol. The summed E-state index contributed by atoms with van der Waals surface area (Å²) in [6.07, 6.45) is 5.83. The number of fused-ring (bicyclic) bond motifs is 1. The molecule has 1 aromatic heterocycles. The van der Waals surface area contributed by atoms with E-state index in [9.17, 15) is 14.4 Å². The van der Waals surface area contributed by atoms with Crippen molar-refractivity contribution in [3.05, 3.63) is 41.7 Å². The summed E-state index contributed by atoms with van der Waals surface area (Å²) in [4.78, 5) is 41.4. The van der Waals surface area contributed by atoms with Gasteiger partial charge in [0.2, 0.25) is 5.91 Å². The van der Waals surface area contributed by atoms with Gasteiger partial charge in [-0.25, -0.2) is 0 Å². The van der Waals surface area contributed by atoms with E-state index in [0.29, 0.717) is 23.7 Å². The van der Waals surface area contributed by atoms with Gasteiger partial charge in [0.25, 0.3) is 11.8 Å². The molecule has 1 aromatic carbocycles. The van der Waals surface area contributed by atoms with Crippen LogP contribution in [0.25, 0.3) is 0 Å². The van der Waals surface area contributed by atoms with E-state index >= 15 is 0 Å². The van der Waals surface area contributed by atoms with Gasteiger partial charge in [0.15, 0.2) is 5.69 Å². The van der Waals surface area contributed by atoms with Crippen molar-refractivity contribution >= 4 is 23.4 Å². The smallest absolute Gasteiger partial charge is 0.276 e. The molecule has 0 unspecified atom stereocenters. The number of ether oxygens (including phenoxy) is 1. The molecule has 1 aliphatic carbocycles. The highest BCUT2D eigenvalue weighted by Gasteiger charge is 2.48. The Morgan fingerprint density at radius 3 is 2.71 bits per heavy atom. The van der Waals surface area contributed by atoms with E-state index < -0.39 is 11.4 Å². The maximum Gasteiger partial charge on any atom is 0.276 e. The molecule has 2 aliphatic rings. The van der Waals surface area contributed by atoms with Crippen molar-refractivity contribution in [1.82, 2.24) is 20.0 Å². The molecule has 9 heteroatoms. The number of nitrogens with one attached hydrogen (secondary N) is 2. The number of methoxy groups -OCH3 is 1. The Morgan fingerprint density at radius 1 is 1.24 bits per heavy atom. The first-order chi connectivity index (χ1) is 16.4. The number of aromatic nitrogens is 2. The van der Waals surface area contributed by atoms with Crippen LogP contribution < -0.4 is 15.4 Å². The van der Waals surface area contributed by atoms with Crippen LogP contribution >= 0.6 is 0 Å². The summed E-state index contributed by atoms with van der Waals surface area (Å²) in [5, 5.41) is 10.4. The molecule has 1 saturated carbocycles. The van der Waals surface area contributed by atoms with Gasteiger partial charge in [-0.2, -0.15) is 5.10 Å². The van der Waals surface area contributed by atoms with Crippen LogP contribution in [-0.4, -0.2) is 57.6 Å². The van der Waals surface area contributed by atoms with Crippen molar-refractivity contribution in [2.75, 3.05) is 19.0 Å². The fourth-order valence-corrected chi connectivity index (χ4v) is 4.73. The van der Waals surface area contributed by atoms with Crippen LogP contribution in [0.4, 0.5) is 5.69 Å². The highest BCUT2D eigenvalue weighted by atomic mass is 16.5. The summed E-state index contributed by atoms with van der Waals surface area (Å²) < 4.78 is 6.70. The molecule has 2 N–H and O–H groups in total. The number of rotatable bonds is 8. The van der Waals surface area contributed by atoms with E-state index in [-0.39, 0.29) is 30.1 Å². The second-order valence-corrected chi connectivity index (χ2v) is 9.30. The largest absolute Gasteiger partial charge is 0.497 e. The minimum atomic E-state index is -1.07. The molecular formula is C25H33N5O4. The standard InChI is InChI=1S/C25H33N5O4/c1-4-5-13-29-23(32)21-15-20(22(31)26-18-11-8-12-19(14-18)34-3)28-30(21)16-25(29,2)24(33)27-17-9-6-7-10-17/h8,11-12,14-15,17H,4-7,9-10,13,16H2,1-3H3,(H,26,31)(H,27,33)/t25-/m1/s1. The Hall–Kier alpha value is -3.36. The van der Waals surface area contributed by atoms with Crippen LogP contribution in [0.15, 0.2) is 30.3 Å². The second kappa shape index (κ2) is 9.87. The highest BCUT2D eigenvalue weighted by molar-refractivity contribution is 6.06. The number of carbonyl (C=O) groups excluding carboxylic acids is 3. The normalized spacial score (nSPS) is 20.2. The lowest BCUT2D eigenvalue weighted by Crippen LogP contribution is -2.65. The van der Waals surface area contributed by atoms with Gasteiger partial charge in [0, 0.05) is 30.4 Å². The summed E-state index contributed by atoms with van der Waals surface area (Å²) in [5.41, 5.74) is -0.0684. The van der Waals surface area contributed by atoms with Crippen LogP contribution in [0, 0.1) is 0 Å². The van der Waals surface area contributed by atoms with E-state index in [1.54, 1.807) is 43.2 Å². The molecule has 1 aliphatic heterocycles. The number of hydrogen-bond donors (Lipinski definition) is 2. The lowest BCUT2D eigenvalue weighted by molar-refractivity contribution is -0.133. The molecule has 9 nitrogen and oxygen atoms in total. The Morgan fingerprint density at radius 2 is 2.00 bits per heavy atom. The average Bonchev–Trinajstić information content (AvgIpc) is 3.49. The lowest BCUT2D eigenvalue weighted by Gasteiger charge is -2.43. The van der Waals surface area contributed by atoms with Crippen molar-refractivity contribution in [2.24, 2.45) is 0 Å². The zero-order valence-electron chi connectivity index (χ0n) is 20.1. The number of nitrogens with zero attached hydrogens (tertiary/aromatic N) is 3. The van der Waals surface area contributed by atoms with E-state index in [2.05, 4.69) is 22.7 Å². The minimum absolute atomic E-state index is 0.127. The summed E-state index contributed by atoms with van der Waals surface area (Å²) in [5.74, 6) is -0.253. The van der Waals surface area contributed by atoms with Crippen LogP contribution in [0.1, 0.15) is 73.3 Å². The third kappa shape index (κ3) is 4.64. The zero-order valence-corrected chi connectivity index (χ0v) is 20.1. The molecular weight excluding hydrogens is 434 g/mol. The molecule has 0 saturated heterocycles. The molecule has 4 rings (SSSR count). The van der Waals surface area contributed by atoms with Gasteiger partial charge in [-0.05, 0) is 38.3 Å². The van der Waals surface area contributed by atoms with Gasteiger partial charge >= 0.3 is 0 Å². The van der Waals surface area contributed by atoms with E-state index in [0.717, 1.165) is 38.5 Å². The minimum Gasteiger partial charge on any atom is -0.497 e. The summed E-state index contributed by atoms with van der Waals surface area (Å²) in [6, 6.07) is 8.66. The van der Waals surface area contributed by atoms with E-state index in [1.807, 2.05) is 0 Å². The van der Waals surface area contributed by atoms with Crippen molar-refractivity contribution in [2.45, 2.75) is 70.5 Å². The van der Waals surface area contributed by atoms with E-state index in [1.165, 1.54) is 10.7 Å². The maximum absolute atomic E-state index is 13.5. The van der Waals surface area contributed by atoms with E-state index in [4.69, 9.17) is 4.74 Å². The number of carbonyl (C=O) groups is 3. The van der Waals surface area contributed by atoms with Crippen molar-refractivity contribution < 1.29 is 19.1 Å². The van der Waals surface area contributed by atoms with Gasteiger partial charge in [0.05, 0.1) is 13.7 Å². The molecule has 34 heavy (non-hydrogen) atoms. The molecule has 1 fully saturated rings. The number of benzene rings is 1. The van der Waals surface area contributed by atoms with Gasteiger partial charge in [-0.3, -0.25) is 19.1 Å². The predicted octanol–water partition coefficient (Wildman–Crippen LogP) is 3.22. The van der Waals surface area contributed by atoms with Crippen molar-refractivity contribution in [3.8, 4) is 5.75 Å². The fourth-order valence-electron chi connectivity index (χ4n) is 4.73. The lowest BCUT2D eigenvalue weighted by atomic mass is 9.94. The average molecular weight is 468 g/mol. The molecule has 2 heterocycles. The van der Waals surface area contributed by atoms with Crippen LogP contribution in [0.2, 0.25) is 0 Å². The van der Waals surface area contributed by atoms with Gasteiger partial charge in [0.1, 0.15) is 17.0 Å². The number of hydrogen-bond acceptors (Lipinski definition) is 5. The maximum atomic E-state index is 13.5. The second-order valence-electron chi connectivity index (χ2n) is 9.30. The van der Waals surface area contributed by atoms with Gasteiger partial charge in [-0.1, -0.05) is 32.3 Å². The molecule has 0 radical (unpaired) electrons. The SMILES string of the molecule is CCCCN1C(=O)c2cc(C(=O)Nc3cccc(OC)c3)nn2C[C@]1(C)C(=O)NC1CCCC1. The first kappa shape index (κ1) is 23.8. The summed E-state index contributed by atoms with van der Waals surface area (Å²) in [6.45, 7) is 4.52. The van der Waals surface area contributed by atoms with Crippen molar-refractivity contribution in [3.63, 3.8) is 0 Å². The highest BCUT2D eigenvalue weighted by Crippen LogP contribution is 2.29. The van der Waals surface area contributed by atoms with Gasteiger partial charge in [-0.15, -0.1) is 0 Å². The summed E-state index contributed by atoms with van der Waals surface area (Å²) in [7, 11) is 1.56. The van der Waals surface area contributed by atoms with Crippen molar-refractivity contribution in [1.29, 1.82) is 0 Å². The number of amides is 3. The Kier molecular flexibility index (Phi) is 6.90. The molecule has 0 spiro atoms. The molecule has 182 valence electrons. The number of anilines is 1. The Labute approximate surface area is 199 Å². The number of unbranched alkanes of at least 4 members (excludes halogenated alkanes) is 1. The molecule has 0 bridgehead atoms. The third-order valence-electron chi connectivity index (χ3n) is 6.77.